The summed E-state index contributed by atoms with van der Waals surface area (Å²) in [7, 11) is -37.4. The fraction of sp³-hybridized carbons (Fsp3) is 0.125. The van der Waals surface area contributed by atoms with Gasteiger partial charge in [0, 0.05) is 35.0 Å². The van der Waals surface area contributed by atoms with Crippen molar-refractivity contribution in [2.24, 2.45) is 0 Å². The quantitative estimate of drug-likeness (QED) is 0.0490. The van der Waals surface area contributed by atoms with Crippen LogP contribution in [0.25, 0.3) is 0 Å². The van der Waals surface area contributed by atoms with Crippen LogP contribution >= 0.6 is 56.8 Å². The highest BCUT2D eigenvalue weighted by atomic mass is 79.9. The van der Waals surface area contributed by atoms with Gasteiger partial charge in [-0.05, 0) is 61.5 Å². The lowest BCUT2D eigenvalue weighted by Crippen LogP contribution is -2.09. The van der Waals surface area contributed by atoms with Gasteiger partial charge in [0.05, 0.1) is 30.7 Å². The molecule has 0 saturated carbocycles. The van der Waals surface area contributed by atoms with Crippen molar-refractivity contribution >= 4 is 86.0 Å². The highest BCUT2D eigenvalue weighted by Gasteiger charge is 2.68. The summed E-state index contributed by atoms with van der Waals surface area (Å²) >= 11 is 2.75. The molecule has 0 heterocycles. The van der Waals surface area contributed by atoms with Gasteiger partial charge in [0.25, 0.3) is 0 Å². The van der Waals surface area contributed by atoms with Crippen LogP contribution in [0.15, 0.2) is 92.4 Å². The summed E-state index contributed by atoms with van der Waals surface area (Å²) in [6.07, 6.45) is 0. The van der Waals surface area contributed by atoms with E-state index in [-0.39, 0.29) is 53.9 Å². The van der Waals surface area contributed by atoms with E-state index < -0.39 is 129 Å². The number of carbonyl (C=O) groups is 4. The summed E-state index contributed by atoms with van der Waals surface area (Å²) in [5.41, 5.74) is 1.26. The second-order valence-corrected chi connectivity index (χ2v) is 23.1. The van der Waals surface area contributed by atoms with Crippen molar-refractivity contribution in [1.29, 1.82) is 0 Å². The van der Waals surface area contributed by atoms with Crippen LogP contribution in [0.1, 0.15) is 48.4 Å². The molecule has 0 aliphatic rings. The Morgan fingerprint density at radius 2 is 0.776 bits per heavy atom. The Balaban J connectivity index is 0.000000447. The van der Waals surface area contributed by atoms with Crippen molar-refractivity contribution in [3.63, 3.8) is 0 Å². The van der Waals surface area contributed by atoms with Crippen LogP contribution in [0.4, 0.5) is 83.4 Å². The molecule has 0 aromatic heterocycles. The average molecular weight is 1160 g/mol. The van der Waals surface area contributed by atoms with E-state index >= 15 is 0 Å². The maximum Gasteiger partial charge on any atom is 0.335 e. The molecule has 0 bridgehead atoms. The van der Waals surface area contributed by atoms with E-state index in [1.165, 1.54) is 0 Å². The maximum absolute atomic E-state index is 12.6. The standard InChI is InChI=1S/C9H8BrF5O2S.C9H9F5O2S.C7H6F5NO2S.C7H5F5O3S/c1-17-7-2-6(9(16)5-10)3-8(4-7)18(11,12,13,14)15;1-6(15)7-3-8(16-2)5-9(4-7)17(10,11,12,13)14;2*8-16(9,10,11,12)6-2-4(7(14)15)1-5(13)3-6/h2-4H,5H2,1H3;3-5H,1-2H3;1-3H,13H2,(H,14,15);1-3,13H,(H,14,15). The van der Waals surface area contributed by atoms with Gasteiger partial charge in [-0.25, -0.2) is 9.59 Å². The van der Waals surface area contributed by atoms with Gasteiger partial charge < -0.3 is 30.5 Å². The molecule has 4 aromatic rings. The summed E-state index contributed by atoms with van der Waals surface area (Å²) in [6.45, 7) is 0.976. The fourth-order valence-electron chi connectivity index (χ4n) is 4.16. The number of nitrogens with two attached hydrogens (primary N) is 1. The molecule has 0 unspecified atom stereocenters. The fourth-order valence-corrected chi connectivity index (χ4v) is 7.27. The second kappa shape index (κ2) is 15.7. The number of phenolic OH excluding ortho intramolecular Hbond substituents is 1. The van der Waals surface area contributed by atoms with Crippen molar-refractivity contribution in [2.45, 2.75) is 26.5 Å². The zero-order valence-electron chi connectivity index (χ0n) is 32.6. The molecule has 386 valence electrons. The number of hydrogen-bond donors (Lipinski definition) is 4. The summed E-state index contributed by atoms with van der Waals surface area (Å²) in [5.74, 6) is -7.22. The molecule has 4 rings (SSSR count). The van der Waals surface area contributed by atoms with Crippen molar-refractivity contribution in [2.75, 3.05) is 25.3 Å². The number of phenols is 1. The van der Waals surface area contributed by atoms with Gasteiger partial charge in [-0.3, -0.25) is 9.59 Å². The molecule has 0 atom stereocenters. The molecule has 0 saturated heterocycles. The van der Waals surface area contributed by atoms with Crippen molar-refractivity contribution < 1.29 is 122 Å². The molecule has 0 fully saturated rings. The highest BCUT2D eigenvalue weighted by molar-refractivity contribution is 9.09. The number of rotatable bonds is 11. The molecular formula is C32H28BrF20NO9S4. The smallest absolute Gasteiger partial charge is 0.335 e. The first-order valence-corrected chi connectivity index (χ1v) is 24.9. The molecule has 67 heavy (non-hydrogen) atoms. The van der Waals surface area contributed by atoms with Crippen LogP contribution in [0.2, 0.25) is 0 Å². The van der Waals surface area contributed by atoms with E-state index in [1.807, 2.05) is 0 Å². The van der Waals surface area contributed by atoms with Gasteiger partial charge in [0.2, 0.25) is 0 Å². The van der Waals surface area contributed by atoms with Gasteiger partial charge in [0.15, 0.2) is 11.6 Å². The third-order valence-electron chi connectivity index (χ3n) is 7.18. The topological polar surface area (TPSA) is 173 Å². The molecular weight excluding hydrogens is 1130 g/mol. The van der Waals surface area contributed by atoms with Gasteiger partial charge in [-0.1, -0.05) is 93.6 Å². The number of methoxy groups -OCH3 is 2. The van der Waals surface area contributed by atoms with Crippen LogP contribution in [0, 0.1) is 0 Å². The lowest BCUT2D eigenvalue weighted by Gasteiger charge is -2.40. The van der Waals surface area contributed by atoms with Crippen LogP contribution in [0.3, 0.4) is 0 Å². The zero-order valence-corrected chi connectivity index (χ0v) is 37.4. The van der Waals surface area contributed by atoms with Crippen molar-refractivity contribution in [3.05, 3.63) is 95.1 Å². The number of alkyl halides is 1. The number of Topliss-reactive ketones (excluding diaryl/α,β-unsaturated/α-hetero) is 2. The third-order valence-corrected chi connectivity index (χ3v) is 12.2. The van der Waals surface area contributed by atoms with Crippen LogP contribution < -0.4 is 15.2 Å². The van der Waals surface area contributed by atoms with E-state index in [4.69, 9.17) is 21.1 Å². The Morgan fingerprint density at radius 1 is 0.478 bits per heavy atom. The number of anilines is 1. The van der Waals surface area contributed by atoms with Crippen LogP contribution in [-0.4, -0.2) is 58.4 Å². The zero-order chi connectivity index (χ0) is 53.5. The predicted octanol–water partition coefficient (Wildman–Crippen LogP) is 16.9. The number of carboxylic acids is 2. The number of carbonyl (C=O) groups excluding carboxylic acids is 2. The number of aromatic carboxylic acids is 2. The van der Waals surface area contributed by atoms with Crippen molar-refractivity contribution in [1.82, 2.24) is 0 Å². The van der Waals surface area contributed by atoms with Crippen LogP contribution in [-0.2, 0) is 0 Å². The average Bonchev–Trinajstić information content (AvgIpc) is 3.10. The Bertz CT molecular complexity index is 2570. The number of nitrogen functional groups attached to an aromatic ring is 1. The summed E-state index contributed by atoms with van der Waals surface area (Å²) in [4.78, 5) is 33.9. The Morgan fingerprint density at radius 3 is 1.09 bits per heavy atom. The molecule has 0 spiro atoms. The lowest BCUT2D eigenvalue weighted by molar-refractivity contribution is 0.0685. The number of aromatic hydroxyl groups is 1. The maximum atomic E-state index is 12.6. The Hall–Kier alpha value is -5.16. The number of halogens is 21. The minimum atomic E-state index is -9.97. The first kappa shape index (κ1) is 59.9. The summed E-state index contributed by atoms with van der Waals surface area (Å²) < 4.78 is 258. The van der Waals surface area contributed by atoms with Gasteiger partial charge in [-0.15, -0.1) is 0 Å². The molecule has 10 nitrogen and oxygen atoms in total. The monoisotopic (exact) mass is 1160 g/mol. The number of hydrogen-bond acceptors (Lipinski definition) is 8. The predicted molar refractivity (Wildman–Crippen MR) is 213 cm³/mol. The van der Waals surface area contributed by atoms with Gasteiger partial charge >= 0.3 is 52.8 Å². The minimum absolute atomic E-state index is 0.00793. The van der Waals surface area contributed by atoms with E-state index in [9.17, 15) is 96.9 Å². The summed E-state index contributed by atoms with van der Waals surface area (Å²) in [5, 5.41) is 25.2. The first-order valence-electron chi connectivity index (χ1n) is 16.0. The van der Waals surface area contributed by atoms with E-state index in [0.29, 0.717) is 12.1 Å². The Labute approximate surface area is 370 Å². The molecule has 0 aliphatic heterocycles. The van der Waals surface area contributed by atoms with E-state index in [1.54, 1.807) is 0 Å². The molecule has 4 aromatic carbocycles. The lowest BCUT2D eigenvalue weighted by atomic mass is 10.1. The third kappa shape index (κ3) is 19.2. The number of carboxylic acid groups (broad SMARTS) is 2. The SMILES string of the molecule is COc1cc(C(=O)CBr)cc(S(F)(F)(F)(F)F)c1.COc1cc(C(C)=O)cc(S(F)(F)(F)(F)F)c1.Nc1cc(C(=O)O)cc(S(F)(F)(F)(F)F)c1.O=C(O)c1cc(O)cc(S(F)(F)(F)(F)F)c1. The number of ether oxygens (including phenoxy) is 2. The van der Waals surface area contributed by atoms with Gasteiger partial charge in [0.1, 0.15) is 36.8 Å². The Kier molecular flexibility index (Phi) is 14.0. The normalized spacial score (nSPS) is 16.1. The molecule has 0 radical (unpaired) electrons. The van der Waals surface area contributed by atoms with Crippen molar-refractivity contribution in [3.8, 4) is 17.2 Å². The largest absolute Gasteiger partial charge is 0.508 e. The number of ketones is 2. The molecule has 5 N–H and O–H groups in total. The highest BCUT2D eigenvalue weighted by Crippen LogP contribution is 3.04. The summed E-state index contributed by atoms with van der Waals surface area (Å²) in [6, 6.07) is 3.09. The first-order chi connectivity index (χ1) is 28.8. The van der Waals surface area contributed by atoms with Crippen LogP contribution in [0.5, 0.6) is 17.2 Å². The minimum Gasteiger partial charge on any atom is -0.508 e. The van der Waals surface area contributed by atoms with E-state index in [0.717, 1.165) is 33.3 Å². The second-order valence-electron chi connectivity index (χ2n) is 12.9. The molecule has 0 amide bonds. The number of benzene rings is 4. The van der Waals surface area contributed by atoms with E-state index in [2.05, 4.69) is 25.4 Å². The molecule has 35 heteroatoms. The van der Waals surface area contributed by atoms with Gasteiger partial charge in [-0.2, -0.15) is 0 Å². The molecule has 0 aliphatic carbocycles.